The topological polar surface area (TPSA) is 67.2 Å². The minimum atomic E-state index is -0.0889. The number of likely N-dealkylation sites (tertiary alicyclic amines) is 1. The molecule has 1 aliphatic rings. The molecular formula is C16H19ClN4O2. The van der Waals surface area contributed by atoms with Crippen molar-refractivity contribution in [1.82, 2.24) is 14.5 Å². The second-order valence-corrected chi connectivity index (χ2v) is 6.33. The van der Waals surface area contributed by atoms with E-state index in [-0.39, 0.29) is 17.7 Å². The van der Waals surface area contributed by atoms with Crippen molar-refractivity contribution in [1.29, 1.82) is 0 Å². The van der Waals surface area contributed by atoms with Crippen LogP contribution in [0.5, 0.6) is 0 Å². The molecule has 0 spiro atoms. The normalized spacial score (nSPS) is 15.9. The van der Waals surface area contributed by atoms with Gasteiger partial charge in [-0.1, -0.05) is 11.6 Å². The average Bonchev–Trinajstić information content (AvgIpc) is 2.82. The SMILES string of the molecule is CC(=O)N1CCC(C(=O)Nc2nc3cc(Cl)ccc3n2C)CC1. The van der Waals surface area contributed by atoms with Gasteiger partial charge in [0.25, 0.3) is 0 Å². The van der Waals surface area contributed by atoms with Gasteiger partial charge in [0, 0.05) is 38.0 Å². The second-order valence-electron chi connectivity index (χ2n) is 5.90. The maximum Gasteiger partial charge on any atom is 0.229 e. The molecule has 122 valence electrons. The molecule has 0 bridgehead atoms. The first-order valence-corrected chi connectivity index (χ1v) is 8.02. The summed E-state index contributed by atoms with van der Waals surface area (Å²) in [5, 5.41) is 3.52. The van der Waals surface area contributed by atoms with Gasteiger partial charge in [0.2, 0.25) is 17.8 Å². The number of amides is 2. The molecule has 0 unspecified atom stereocenters. The molecule has 6 nitrogen and oxygen atoms in total. The predicted molar refractivity (Wildman–Crippen MR) is 89.3 cm³/mol. The van der Waals surface area contributed by atoms with E-state index in [0.717, 1.165) is 11.0 Å². The number of carbonyl (C=O) groups excluding carboxylic acids is 2. The van der Waals surface area contributed by atoms with E-state index in [2.05, 4.69) is 10.3 Å². The quantitative estimate of drug-likeness (QED) is 0.917. The van der Waals surface area contributed by atoms with E-state index in [1.54, 1.807) is 24.0 Å². The Bertz CT molecular complexity index is 763. The molecule has 7 heteroatoms. The van der Waals surface area contributed by atoms with Crippen molar-refractivity contribution in [3.63, 3.8) is 0 Å². The van der Waals surface area contributed by atoms with Crippen LogP contribution in [0, 0.1) is 5.92 Å². The largest absolute Gasteiger partial charge is 0.343 e. The van der Waals surface area contributed by atoms with Crippen molar-refractivity contribution in [2.24, 2.45) is 13.0 Å². The average molecular weight is 335 g/mol. The number of carbonyl (C=O) groups is 2. The molecule has 0 atom stereocenters. The zero-order valence-corrected chi connectivity index (χ0v) is 13.9. The molecule has 1 fully saturated rings. The standard InChI is InChI=1S/C16H19ClN4O2/c1-10(22)21-7-5-11(6-8-21)15(23)19-16-18-13-9-12(17)3-4-14(13)20(16)2/h3-4,9,11H,5-8H2,1-2H3,(H,18,19,23). The van der Waals surface area contributed by atoms with Gasteiger partial charge in [0.1, 0.15) is 0 Å². The minimum Gasteiger partial charge on any atom is -0.343 e. The molecule has 1 N–H and O–H groups in total. The van der Waals surface area contributed by atoms with Gasteiger partial charge < -0.3 is 9.47 Å². The molecular weight excluding hydrogens is 316 g/mol. The monoisotopic (exact) mass is 334 g/mol. The van der Waals surface area contributed by atoms with Gasteiger partial charge in [-0.2, -0.15) is 0 Å². The number of fused-ring (bicyclic) bond motifs is 1. The molecule has 1 aromatic carbocycles. The van der Waals surface area contributed by atoms with Crippen molar-refractivity contribution in [2.75, 3.05) is 18.4 Å². The lowest BCUT2D eigenvalue weighted by Gasteiger charge is -2.30. The van der Waals surface area contributed by atoms with Crippen molar-refractivity contribution in [2.45, 2.75) is 19.8 Å². The van der Waals surface area contributed by atoms with E-state index in [9.17, 15) is 9.59 Å². The third-order valence-corrected chi connectivity index (χ3v) is 4.62. The number of nitrogens with zero attached hydrogens (tertiary/aromatic N) is 3. The van der Waals surface area contributed by atoms with Crippen LogP contribution < -0.4 is 5.32 Å². The van der Waals surface area contributed by atoms with E-state index < -0.39 is 0 Å². The number of imidazole rings is 1. The smallest absolute Gasteiger partial charge is 0.229 e. The third-order valence-electron chi connectivity index (χ3n) is 4.39. The van der Waals surface area contributed by atoms with Crippen molar-refractivity contribution in [3.8, 4) is 0 Å². The van der Waals surface area contributed by atoms with Crippen LogP contribution in [0.3, 0.4) is 0 Å². The van der Waals surface area contributed by atoms with Crippen LogP contribution in [0.25, 0.3) is 11.0 Å². The Labute approximate surface area is 139 Å². The predicted octanol–water partition coefficient (Wildman–Crippen LogP) is 2.42. The lowest BCUT2D eigenvalue weighted by atomic mass is 9.96. The van der Waals surface area contributed by atoms with Crippen LogP contribution in [0.1, 0.15) is 19.8 Å². The highest BCUT2D eigenvalue weighted by Crippen LogP contribution is 2.23. The first kappa shape index (κ1) is 15.8. The molecule has 1 aliphatic heterocycles. The van der Waals surface area contributed by atoms with E-state index in [1.165, 1.54) is 0 Å². The second kappa shape index (κ2) is 6.20. The fourth-order valence-electron chi connectivity index (χ4n) is 2.95. The summed E-state index contributed by atoms with van der Waals surface area (Å²) in [7, 11) is 1.86. The van der Waals surface area contributed by atoms with Gasteiger partial charge in [-0.05, 0) is 31.0 Å². The number of benzene rings is 1. The van der Waals surface area contributed by atoms with Crippen LogP contribution in [0.2, 0.25) is 5.02 Å². The van der Waals surface area contributed by atoms with Crippen molar-refractivity contribution >= 4 is 40.4 Å². The van der Waals surface area contributed by atoms with Gasteiger partial charge in [-0.3, -0.25) is 14.9 Å². The molecule has 23 heavy (non-hydrogen) atoms. The molecule has 2 amide bonds. The van der Waals surface area contributed by atoms with Crippen LogP contribution in [-0.4, -0.2) is 39.4 Å². The number of aromatic nitrogens is 2. The molecule has 0 radical (unpaired) electrons. The molecule has 1 aromatic heterocycles. The summed E-state index contributed by atoms with van der Waals surface area (Å²) in [6.45, 7) is 2.82. The highest BCUT2D eigenvalue weighted by atomic mass is 35.5. The van der Waals surface area contributed by atoms with Gasteiger partial charge in [-0.25, -0.2) is 4.98 Å². The molecule has 1 saturated heterocycles. The number of aryl methyl sites for hydroxylation is 1. The van der Waals surface area contributed by atoms with Gasteiger partial charge >= 0.3 is 0 Å². The lowest BCUT2D eigenvalue weighted by molar-refractivity contribution is -0.132. The third kappa shape index (κ3) is 3.17. The first-order chi connectivity index (χ1) is 11.0. The van der Waals surface area contributed by atoms with Crippen LogP contribution in [-0.2, 0) is 16.6 Å². The van der Waals surface area contributed by atoms with Gasteiger partial charge in [0.05, 0.1) is 11.0 Å². The maximum absolute atomic E-state index is 12.4. The Hall–Kier alpha value is -2.08. The summed E-state index contributed by atoms with van der Waals surface area (Å²) in [6.07, 6.45) is 1.36. The summed E-state index contributed by atoms with van der Waals surface area (Å²) >= 11 is 5.98. The molecule has 0 aliphatic carbocycles. The number of anilines is 1. The maximum atomic E-state index is 12.4. The number of halogens is 1. The van der Waals surface area contributed by atoms with Crippen molar-refractivity contribution in [3.05, 3.63) is 23.2 Å². The summed E-state index contributed by atoms with van der Waals surface area (Å²) in [6, 6.07) is 5.46. The minimum absolute atomic E-state index is 0.0438. The summed E-state index contributed by atoms with van der Waals surface area (Å²) in [5.74, 6) is 0.448. The molecule has 2 aromatic rings. The zero-order chi connectivity index (χ0) is 16.6. The van der Waals surface area contributed by atoms with E-state index in [0.29, 0.717) is 36.9 Å². The number of nitrogens with one attached hydrogen (secondary N) is 1. The van der Waals surface area contributed by atoms with Gasteiger partial charge in [0.15, 0.2) is 0 Å². The van der Waals surface area contributed by atoms with Crippen molar-refractivity contribution < 1.29 is 9.59 Å². The fourth-order valence-corrected chi connectivity index (χ4v) is 3.12. The number of hydrogen-bond acceptors (Lipinski definition) is 3. The van der Waals surface area contributed by atoms with Crippen LogP contribution in [0.15, 0.2) is 18.2 Å². The van der Waals surface area contributed by atoms with E-state index >= 15 is 0 Å². The Balaban J connectivity index is 1.71. The van der Waals surface area contributed by atoms with E-state index in [1.807, 2.05) is 17.7 Å². The highest BCUT2D eigenvalue weighted by molar-refractivity contribution is 6.31. The summed E-state index contributed by atoms with van der Waals surface area (Å²) in [4.78, 5) is 30.0. The Morgan fingerprint density at radius 3 is 2.65 bits per heavy atom. The number of hydrogen-bond donors (Lipinski definition) is 1. The number of rotatable bonds is 2. The Kier molecular flexibility index (Phi) is 4.26. The summed E-state index contributed by atoms with van der Waals surface area (Å²) < 4.78 is 1.84. The lowest BCUT2D eigenvalue weighted by Crippen LogP contribution is -2.40. The summed E-state index contributed by atoms with van der Waals surface area (Å²) in [5.41, 5.74) is 1.66. The highest BCUT2D eigenvalue weighted by Gasteiger charge is 2.26. The molecule has 0 saturated carbocycles. The van der Waals surface area contributed by atoms with Crippen LogP contribution >= 0.6 is 11.6 Å². The fraction of sp³-hybridized carbons (Fsp3) is 0.438. The molecule has 2 heterocycles. The Morgan fingerprint density at radius 2 is 2.00 bits per heavy atom. The molecule has 3 rings (SSSR count). The zero-order valence-electron chi connectivity index (χ0n) is 13.2. The van der Waals surface area contributed by atoms with E-state index in [4.69, 9.17) is 11.6 Å². The Morgan fingerprint density at radius 1 is 1.30 bits per heavy atom. The van der Waals surface area contributed by atoms with Gasteiger partial charge in [-0.15, -0.1) is 0 Å². The van der Waals surface area contributed by atoms with Crippen LogP contribution in [0.4, 0.5) is 5.95 Å². The first-order valence-electron chi connectivity index (χ1n) is 7.64. The number of piperidine rings is 1.